The van der Waals surface area contributed by atoms with Gasteiger partial charge in [-0.2, -0.15) is 0 Å². The Labute approximate surface area is 111 Å². The van der Waals surface area contributed by atoms with Crippen molar-refractivity contribution in [3.63, 3.8) is 0 Å². The summed E-state index contributed by atoms with van der Waals surface area (Å²) in [5.74, 6) is 0. The van der Waals surface area contributed by atoms with Crippen molar-refractivity contribution in [1.29, 1.82) is 0 Å². The molecule has 0 aromatic carbocycles. The molecule has 1 rings (SSSR count). The van der Waals surface area contributed by atoms with Crippen LogP contribution in [-0.2, 0) is 0 Å². The SMILES string of the molecule is C=CCN(CC)c1ccc(C(C)NCCC)nc1. The molecule has 1 aromatic heterocycles. The Balaban J connectivity index is 2.69. The number of aromatic nitrogens is 1. The maximum Gasteiger partial charge on any atom is 0.0572 e. The van der Waals surface area contributed by atoms with Gasteiger partial charge < -0.3 is 10.2 Å². The molecule has 1 heterocycles. The van der Waals surface area contributed by atoms with Crippen molar-refractivity contribution >= 4 is 5.69 Å². The molecule has 1 unspecified atom stereocenters. The molecule has 0 bridgehead atoms. The molecule has 0 saturated carbocycles. The fourth-order valence-corrected chi connectivity index (χ4v) is 1.88. The first-order valence-corrected chi connectivity index (χ1v) is 6.78. The lowest BCUT2D eigenvalue weighted by atomic mass is 10.2. The maximum absolute atomic E-state index is 4.54. The standard InChI is InChI=1S/C15H25N3/c1-5-10-16-13(4)15-9-8-14(12-17-15)18(7-3)11-6-2/h6,8-9,12-13,16H,2,5,7,10-11H2,1,3-4H3. The van der Waals surface area contributed by atoms with E-state index in [2.05, 4.69) is 54.7 Å². The van der Waals surface area contributed by atoms with Gasteiger partial charge in [-0.3, -0.25) is 4.98 Å². The minimum atomic E-state index is 0.313. The molecular weight excluding hydrogens is 222 g/mol. The molecule has 18 heavy (non-hydrogen) atoms. The number of likely N-dealkylation sites (N-methyl/N-ethyl adjacent to an activating group) is 1. The Morgan fingerprint density at radius 2 is 2.22 bits per heavy atom. The molecule has 0 aliphatic rings. The summed E-state index contributed by atoms with van der Waals surface area (Å²) in [6.07, 6.45) is 5.01. The third-order valence-corrected chi connectivity index (χ3v) is 3.01. The zero-order valence-corrected chi connectivity index (χ0v) is 11.8. The molecule has 0 spiro atoms. The van der Waals surface area contributed by atoms with Crippen molar-refractivity contribution in [1.82, 2.24) is 10.3 Å². The van der Waals surface area contributed by atoms with E-state index < -0.39 is 0 Å². The van der Waals surface area contributed by atoms with Crippen molar-refractivity contribution < 1.29 is 0 Å². The summed E-state index contributed by atoms with van der Waals surface area (Å²) in [6.45, 7) is 13.1. The number of nitrogens with one attached hydrogen (secondary N) is 1. The second-order valence-corrected chi connectivity index (χ2v) is 4.44. The summed E-state index contributed by atoms with van der Waals surface area (Å²) in [5.41, 5.74) is 2.26. The summed E-state index contributed by atoms with van der Waals surface area (Å²) >= 11 is 0. The predicted octanol–water partition coefficient (Wildman–Crippen LogP) is 3.15. The van der Waals surface area contributed by atoms with Gasteiger partial charge in [-0.25, -0.2) is 0 Å². The van der Waals surface area contributed by atoms with E-state index in [1.54, 1.807) is 0 Å². The van der Waals surface area contributed by atoms with Crippen LogP contribution >= 0.6 is 0 Å². The fraction of sp³-hybridized carbons (Fsp3) is 0.533. The van der Waals surface area contributed by atoms with Crippen molar-refractivity contribution in [2.24, 2.45) is 0 Å². The number of rotatable bonds is 8. The van der Waals surface area contributed by atoms with Crippen LogP contribution in [0.25, 0.3) is 0 Å². The van der Waals surface area contributed by atoms with Gasteiger partial charge in [0.2, 0.25) is 0 Å². The number of hydrogen-bond donors (Lipinski definition) is 1. The lowest BCUT2D eigenvalue weighted by molar-refractivity contribution is 0.558. The number of pyridine rings is 1. The van der Waals surface area contributed by atoms with Gasteiger partial charge in [-0.15, -0.1) is 6.58 Å². The number of nitrogens with zero attached hydrogens (tertiary/aromatic N) is 2. The third-order valence-electron chi connectivity index (χ3n) is 3.01. The quantitative estimate of drug-likeness (QED) is 0.715. The van der Waals surface area contributed by atoms with Crippen LogP contribution in [0.15, 0.2) is 31.0 Å². The van der Waals surface area contributed by atoms with E-state index in [9.17, 15) is 0 Å². The van der Waals surface area contributed by atoms with Gasteiger partial charge in [-0.1, -0.05) is 13.0 Å². The summed E-state index contributed by atoms with van der Waals surface area (Å²) in [5, 5.41) is 3.44. The van der Waals surface area contributed by atoms with Crippen molar-refractivity contribution in [3.05, 3.63) is 36.7 Å². The van der Waals surface area contributed by atoms with E-state index in [-0.39, 0.29) is 0 Å². The predicted molar refractivity (Wildman–Crippen MR) is 79.0 cm³/mol. The Morgan fingerprint density at radius 1 is 1.44 bits per heavy atom. The number of hydrogen-bond acceptors (Lipinski definition) is 3. The van der Waals surface area contributed by atoms with Crippen molar-refractivity contribution in [2.45, 2.75) is 33.2 Å². The molecule has 1 aromatic rings. The Bertz CT molecular complexity index is 345. The average molecular weight is 247 g/mol. The molecule has 1 N–H and O–H groups in total. The monoisotopic (exact) mass is 247 g/mol. The molecule has 3 nitrogen and oxygen atoms in total. The number of anilines is 1. The zero-order valence-electron chi connectivity index (χ0n) is 11.8. The maximum atomic E-state index is 4.54. The van der Waals surface area contributed by atoms with E-state index in [1.165, 1.54) is 0 Å². The molecule has 0 amide bonds. The molecule has 100 valence electrons. The first-order chi connectivity index (χ1) is 8.72. The summed E-state index contributed by atoms with van der Waals surface area (Å²) in [6, 6.07) is 4.56. The molecule has 1 atom stereocenters. The fourth-order valence-electron chi connectivity index (χ4n) is 1.88. The minimum Gasteiger partial charge on any atom is -0.367 e. The lowest BCUT2D eigenvalue weighted by Gasteiger charge is -2.21. The highest BCUT2D eigenvalue weighted by molar-refractivity contribution is 5.45. The minimum absolute atomic E-state index is 0.313. The Hall–Kier alpha value is -1.35. The van der Waals surface area contributed by atoms with Crippen molar-refractivity contribution in [2.75, 3.05) is 24.5 Å². The van der Waals surface area contributed by atoms with Crippen molar-refractivity contribution in [3.8, 4) is 0 Å². The molecule has 3 heteroatoms. The smallest absolute Gasteiger partial charge is 0.0572 e. The van der Waals surface area contributed by atoms with Gasteiger partial charge in [0.1, 0.15) is 0 Å². The van der Waals surface area contributed by atoms with Crippen LogP contribution in [0.5, 0.6) is 0 Å². The molecule has 0 fully saturated rings. The first-order valence-electron chi connectivity index (χ1n) is 6.78. The van der Waals surface area contributed by atoms with Gasteiger partial charge in [0.25, 0.3) is 0 Å². The Morgan fingerprint density at radius 3 is 2.72 bits per heavy atom. The van der Waals surface area contributed by atoms with Gasteiger partial charge in [0, 0.05) is 19.1 Å². The normalized spacial score (nSPS) is 12.2. The zero-order chi connectivity index (χ0) is 13.4. The first kappa shape index (κ1) is 14.7. The van der Waals surface area contributed by atoms with Crippen LogP contribution in [0.3, 0.4) is 0 Å². The highest BCUT2D eigenvalue weighted by atomic mass is 15.1. The van der Waals surface area contributed by atoms with E-state index in [1.807, 2.05) is 12.3 Å². The molecule has 0 radical (unpaired) electrons. The van der Waals surface area contributed by atoms with Gasteiger partial charge in [0.05, 0.1) is 17.6 Å². The summed E-state index contributed by atoms with van der Waals surface area (Å²) in [7, 11) is 0. The molecular formula is C15H25N3. The lowest BCUT2D eigenvalue weighted by Crippen LogP contribution is -2.23. The van der Waals surface area contributed by atoms with Crippen LogP contribution in [0.2, 0.25) is 0 Å². The van der Waals surface area contributed by atoms with E-state index in [4.69, 9.17) is 0 Å². The van der Waals surface area contributed by atoms with E-state index in [0.717, 1.165) is 37.4 Å². The second kappa shape index (κ2) is 7.88. The molecule has 0 aliphatic heterocycles. The van der Waals surface area contributed by atoms with E-state index in [0.29, 0.717) is 6.04 Å². The van der Waals surface area contributed by atoms with Crippen LogP contribution in [0, 0.1) is 0 Å². The van der Waals surface area contributed by atoms with Crippen LogP contribution in [-0.4, -0.2) is 24.6 Å². The largest absolute Gasteiger partial charge is 0.367 e. The topological polar surface area (TPSA) is 28.2 Å². The summed E-state index contributed by atoms with van der Waals surface area (Å²) < 4.78 is 0. The van der Waals surface area contributed by atoms with Crippen LogP contribution in [0.1, 0.15) is 38.9 Å². The molecule has 0 saturated heterocycles. The van der Waals surface area contributed by atoms with Crippen LogP contribution in [0.4, 0.5) is 5.69 Å². The summed E-state index contributed by atoms with van der Waals surface area (Å²) in [4.78, 5) is 6.79. The Kier molecular flexibility index (Phi) is 6.44. The second-order valence-electron chi connectivity index (χ2n) is 4.44. The highest BCUT2D eigenvalue weighted by Gasteiger charge is 2.07. The van der Waals surface area contributed by atoms with Gasteiger partial charge >= 0.3 is 0 Å². The molecule has 0 aliphatic carbocycles. The van der Waals surface area contributed by atoms with Gasteiger partial charge in [0.15, 0.2) is 0 Å². The van der Waals surface area contributed by atoms with E-state index >= 15 is 0 Å². The average Bonchev–Trinajstić information content (AvgIpc) is 2.42. The third kappa shape index (κ3) is 4.15. The van der Waals surface area contributed by atoms with Gasteiger partial charge in [-0.05, 0) is 38.9 Å². The highest BCUT2D eigenvalue weighted by Crippen LogP contribution is 2.16. The van der Waals surface area contributed by atoms with Crippen LogP contribution < -0.4 is 10.2 Å².